The summed E-state index contributed by atoms with van der Waals surface area (Å²) in [4.78, 5) is 12.3. The molecule has 0 aromatic carbocycles. The van der Waals surface area contributed by atoms with Crippen LogP contribution in [0.25, 0.3) is 0 Å². The number of rotatable bonds is 36. The van der Waals surface area contributed by atoms with Gasteiger partial charge in [-0.25, -0.2) is 0 Å². The average Bonchev–Trinajstić information content (AvgIpc) is 3.03. The standard InChI is InChI=1S/C40H79NO3/c1-3-5-7-9-11-13-15-17-18-19-20-21-22-23-24-25-27-29-31-33-35-39(43)38(37-42)41-40(44)36-34-32-30-28-26-16-14-12-10-8-6-4-2/h33,35,38-39,42-43H,3-32,34,36-37H2,1-2H3,(H,41,44)/b35-33+. The largest absolute Gasteiger partial charge is 0.394 e. The third-order valence-electron chi connectivity index (χ3n) is 9.27. The molecule has 0 aliphatic rings. The van der Waals surface area contributed by atoms with Crippen LogP contribution in [0.1, 0.15) is 219 Å². The van der Waals surface area contributed by atoms with Gasteiger partial charge in [0.2, 0.25) is 5.91 Å². The summed E-state index contributed by atoms with van der Waals surface area (Å²) < 4.78 is 0. The molecule has 1 amide bonds. The maximum absolute atomic E-state index is 12.3. The van der Waals surface area contributed by atoms with E-state index >= 15 is 0 Å². The lowest BCUT2D eigenvalue weighted by atomic mass is 10.0. The van der Waals surface area contributed by atoms with E-state index in [2.05, 4.69) is 19.2 Å². The number of allylic oxidation sites excluding steroid dienone is 1. The van der Waals surface area contributed by atoms with Crippen molar-refractivity contribution < 1.29 is 15.0 Å². The number of hydrogen-bond acceptors (Lipinski definition) is 3. The van der Waals surface area contributed by atoms with Crippen molar-refractivity contribution in [2.24, 2.45) is 0 Å². The first-order chi connectivity index (χ1) is 21.7. The predicted octanol–water partition coefficient (Wildman–Crippen LogP) is 11.9. The van der Waals surface area contributed by atoms with Crippen LogP contribution in [0.5, 0.6) is 0 Å². The first kappa shape index (κ1) is 43.1. The van der Waals surface area contributed by atoms with Gasteiger partial charge >= 0.3 is 0 Å². The van der Waals surface area contributed by atoms with Crippen molar-refractivity contribution in [2.45, 2.75) is 231 Å². The van der Waals surface area contributed by atoms with Crippen molar-refractivity contribution in [2.75, 3.05) is 6.61 Å². The molecule has 4 heteroatoms. The second-order valence-corrected chi connectivity index (χ2v) is 13.7. The van der Waals surface area contributed by atoms with Gasteiger partial charge in [0.1, 0.15) is 0 Å². The smallest absolute Gasteiger partial charge is 0.220 e. The fourth-order valence-electron chi connectivity index (χ4n) is 6.18. The Labute approximate surface area is 276 Å². The molecular weight excluding hydrogens is 542 g/mol. The minimum Gasteiger partial charge on any atom is -0.394 e. The van der Waals surface area contributed by atoms with Crippen LogP contribution < -0.4 is 5.32 Å². The SMILES string of the molecule is CCCCCCCCCCCCCCCCCCCC/C=C/C(O)C(CO)NC(=O)CCCCCCCCCCCCCC. The molecule has 4 nitrogen and oxygen atoms in total. The van der Waals surface area contributed by atoms with E-state index in [0.29, 0.717) is 6.42 Å². The maximum Gasteiger partial charge on any atom is 0.220 e. The topological polar surface area (TPSA) is 69.6 Å². The Balaban J connectivity index is 3.55. The molecule has 44 heavy (non-hydrogen) atoms. The summed E-state index contributed by atoms with van der Waals surface area (Å²) >= 11 is 0. The van der Waals surface area contributed by atoms with Gasteiger partial charge in [0.05, 0.1) is 18.8 Å². The molecule has 0 aliphatic heterocycles. The van der Waals surface area contributed by atoms with Crippen LogP contribution in [0.2, 0.25) is 0 Å². The molecule has 0 aromatic heterocycles. The highest BCUT2D eigenvalue weighted by Gasteiger charge is 2.17. The summed E-state index contributed by atoms with van der Waals surface area (Å²) in [6, 6.07) is -0.614. The van der Waals surface area contributed by atoms with Crippen LogP contribution in [-0.4, -0.2) is 34.9 Å². The van der Waals surface area contributed by atoms with Gasteiger partial charge in [-0.1, -0.05) is 206 Å². The number of amides is 1. The summed E-state index contributed by atoms with van der Waals surface area (Å²) in [7, 11) is 0. The molecule has 0 bridgehead atoms. The van der Waals surface area contributed by atoms with Crippen molar-refractivity contribution in [1.29, 1.82) is 0 Å². The molecule has 3 N–H and O–H groups in total. The highest BCUT2D eigenvalue weighted by atomic mass is 16.3. The van der Waals surface area contributed by atoms with Gasteiger partial charge in [-0.15, -0.1) is 0 Å². The van der Waals surface area contributed by atoms with Gasteiger partial charge in [-0.3, -0.25) is 4.79 Å². The highest BCUT2D eigenvalue weighted by Crippen LogP contribution is 2.15. The van der Waals surface area contributed by atoms with Crippen molar-refractivity contribution in [3.05, 3.63) is 12.2 Å². The first-order valence-corrected chi connectivity index (χ1v) is 19.9. The second-order valence-electron chi connectivity index (χ2n) is 13.7. The minimum absolute atomic E-state index is 0.0629. The van der Waals surface area contributed by atoms with Gasteiger partial charge < -0.3 is 15.5 Å². The summed E-state index contributed by atoms with van der Waals surface area (Å²) in [5.41, 5.74) is 0. The Morgan fingerprint density at radius 3 is 1.18 bits per heavy atom. The number of nitrogens with one attached hydrogen (secondary N) is 1. The molecule has 2 atom stereocenters. The molecule has 0 radical (unpaired) electrons. The van der Waals surface area contributed by atoms with Crippen molar-refractivity contribution in [3.8, 4) is 0 Å². The van der Waals surface area contributed by atoms with Crippen LogP contribution in [0.15, 0.2) is 12.2 Å². The van der Waals surface area contributed by atoms with Crippen LogP contribution in [0.3, 0.4) is 0 Å². The number of aliphatic hydroxyl groups excluding tert-OH is 2. The molecule has 0 spiro atoms. The van der Waals surface area contributed by atoms with Crippen LogP contribution >= 0.6 is 0 Å². The Hall–Kier alpha value is -0.870. The van der Waals surface area contributed by atoms with Gasteiger partial charge in [0, 0.05) is 6.42 Å². The van der Waals surface area contributed by atoms with Gasteiger partial charge in [-0.05, 0) is 19.3 Å². The number of unbranched alkanes of at least 4 members (excludes halogenated alkanes) is 29. The molecule has 0 fully saturated rings. The molecule has 0 saturated carbocycles. The van der Waals surface area contributed by atoms with Crippen LogP contribution in [0, 0.1) is 0 Å². The summed E-state index contributed by atoms with van der Waals surface area (Å²) in [5, 5.41) is 22.9. The van der Waals surface area contributed by atoms with Crippen LogP contribution in [0.4, 0.5) is 0 Å². The third kappa shape index (κ3) is 32.5. The Morgan fingerprint density at radius 2 is 0.841 bits per heavy atom. The molecule has 0 heterocycles. The van der Waals surface area contributed by atoms with Crippen molar-refractivity contribution >= 4 is 5.91 Å². The monoisotopic (exact) mass is 622 g/mol. The molecule has 0 aromatic rings. The van der Waals surface area contributed by atoms with E-state index in [-0.39, 0.29) is 12.5 Å². The zero-order valence-electron chi connectivity index (χ0n) is 29.9. The maximum atomic E-state index is 12.3. The van der Waals surface area contributed by atoms with Crippen molar-refractivity contribution in [3.63, 3.8) is 0 Å². The van der Waals surface area contributed by atoms with Gasteiger partial charge in [0.15, 0.2) is 0 Å². The highest BCUT2D eigenvalue weighted by molar-refractivity contribution is 5.76. The number of carbonyl (C=O) groups is 1. The molecule has 0 rings (SSSR count). The van der Waals surface area contributed by atoms with E-state index < -0.39 is 12.1 Å². The van der Waals surface area contributed by atoms with E-state index in [1.165, 1.54) is 173 Å². The summed E-state index contributed by atoms with van der Waals surface area (Å²) in [5.74, 6) is -0.0629. The first-order valence-electron chi connectivity index (χ1n) is 19.9. The molecule has 0 saturated heterocycles. The van der Waals surface area contributed by atoms with Gasteiger partial charge in [-0.2, -0.15) is 0 Å². The Kier molecular flexibility index (Phi) is 35.9. The molecule has 0 aliphatic carbocycles. The number of hydrogen-bond donors (Lipinski definition) is 3. The fraction of sp³-hybridized carbons (Fsp3) is 0.925. The fourth-order valence-corrected chi connectivity index (χ4v) is 6.18. The van der Waals surface area contributed by atoms with E-state index in [1.807, 2.05) is 6.08 Å². The average molecular weight is 622 g/mol. The quantitative estimate of drug-likeness (QED) is 0.0481. The summed E-state index contributed by atoms with van der Waals surface area (Å²) in [6.45, 7) is 4.31. The lowest BCUT2D eigenvalue weighted by Crippen LogP contribution is -2.45. The second kappa shape index (κ2) is 36.6. The lowest BCUT2D eigenvalue weighted by Gasteiger charge is -2.20. The molecular formula is C40H79NO3. The molecule has 2 unspecified atom stereocenters. The van der Waals surface area contributed by atoms with Crippen LogP contribution in [-0.2, 0) is 4.79 Å². The minimum atomic E-state index is -0.832. The summed E-state index contributed by atoms with van der Waals surface area (Å²) in [6.07, 6.45) is 44.5. The zero-order chi connectivity index (χ0) is 32.2. The Bertz CT molecular complexity index is 593. The predicted molar refractivity (Wildman–Crippen MR) is 193 cm³/mol. The van der Waals surface area contributed by atoms with E-state index in [9.17, 15) is 15.0 Å². The molecule has 262 valence electrons. The number of aliphatic hydroxyl groups is 2. The lowest BCUT2D eigenvalue weighted by molar-refractivity contribution is -0.123. The van der Waals surface area contributed by atoms with E-state index in [0.717, 1.165) is 25.7 Å². The van der Waals surface area contributed by atoms with Crippen molar-refractivity contribution in [1.82, 2.24) is 5.32 Å². The van der Waals surface area contributed by atoms with Gasteiger partial charge in [0.25, 0.3) is 0 Å². The number of carbonyl (C=O) groups excluding carboxylic acids is 1. The zero-order valence-corrected chi connectivity index (χ0v) is 29.9. The van der Waals surface area contributed by atoms with E-state index in [1.54, 1.807) is 6.08 Å². The Morgan fingerprint density at radius 1 is 0.523 bits per heavy atom. The normalized spacial score (nSPS) is 13.1. The van der Waals surface area contributed by atoms with E-state index in [4.69, 9.17) is 0 Å². The third-order valence-corrected chi connectivity index (χ3v) is 9.27.